The molecule has 0 spiro atoms. The second-order valence-corrected chi connectivity index (χ2v) is 5.86. The molecule has 21 heavy (non-hydrogen) atoms. The molecule has 5 nitrogen and oxygen atoms in total. The number of halogens is 2. The summed E-state index contributed by atoms with van der Waals surface area (Å²) < 4.78 is 2.84. The molecule has 0 N–H and O–H groups in total. The molecule has 0 amide bonds. The van der Waals surface area contributed by atoms with E-state index in [1.165, 1.54) is 10.7 Å². The third-order valence-corrected chi connectivity index (χ3v) is 4.12. The van der Waals surface area contributed by atoms with Crippen LogP contribution in [0.5, 0.6) is 0 Å². The van der Waals surface area contributed by atoms with E-state index in [4.69, 9.17) is 23.2 Å². The number of Topliss-reactive ketones (excluding diaryl/α,β-unsaturated/α-hetero) is 1. The number of carbonyl (C=O) groups excluding carboxylic acids is 1. The van der Waals surface area contributed by atoms with Crippen LogP contribution in [-0.4, -0.2) is 20.1 Å². The summed E-state index contributed by atoms with van der Waals surface area (Å²) in [6, 6.07) is 4.69. The molecule has 0 aliphatic carbocycles. The molecule has 110 valence electrons. The van der Waals surface area contributed by atoms with Gasteiger partial charge in [-0.1, -0.05) is 23.2 Å². The summed E-state index contributed by atoms with van der Waals surface area (Å²) in [6.45, 7) is 0.541. The Morgan fingerprint density at radius 3 is 2.86 bits per heavy atom. The van der Waals surface area contributed by atoms with Gasteiger partial charge in [0.1, 0.15) is 12.4 Å². The van der Waals surface area contributed by atoms with Gasteiger partial charge in [-0.3, -0.25) is 9.36 Å². The van der Waals surface area contributed by atoms with Gasteiger partial charge in [0.15, 0.2) is 5.78 Å². The van der Waals surface area contributed by atoms with Crippen LogP contribution in [-0.2, 0) is 19.5 Å². The van der Waals surface area contributed by atoms with Crippen molar-refractivity contribution in [3.63, 3.8) is 0 Å². The lowest BCUT2D eigenvalue weighted by atomic mass is 10.1. The maximum Gasteiger partial charge on any atom is 0.346 e. The molecule has 2 aromatic rings. The first-order valence-corrected chi connectivity index (χ1v) is 7.46. The molecule has 7 heteroatoms. The Kier molecular flexibility index (Phi) is 3.87. The number of nitrogens with zero attached hydrogens (tertiary/aromatic N) is 3. The van der Waals surface area contributed by atoms with Crippen LogP contribution >= 0.6 is 23.2 Å². The van der Waals surface area contributed by atoms with Crippen molar-refractivity contribution in [1.29, 1.82) is 0 Å². The fraction of sp³-hybridized carbons (Fsp3) is 0.357. The number of hydrogen-bond donors (Lipinski definition) is 0. The van der Waals surface area contributed by atoms with Crippen molar-refractivity contribution in [3.05, 3.63) is 50.1 Å². The van der Waals surface area contributed by atoms with Gasteiger partial charge in [0.25, 0.3) is 0 Å². The summed E-state index contributed by atoms with van der Waals surface area (Å²) in [6.07, 6.45) is 2.76. The zero-order valence-electron chi connectivity index (χ0n) is 11.2. The average Bonchev–Trinajstić information content (AvgIpc) is 2.78. The summed E-state index contributed by atoms with van der Waals surface area (Å²) in [5.74, 6) is 0.469. The van der Waals surface area contributed by atoms with Crippen molar-refractivity contribution in [2.24, 2.45) is 0 Å². The highest BCUT2D eigenvalue weighted by Crippen LogP contribution is 2.21. The van der Waals surface area contributed by atoms with Gasteiger partial charge in [-0.25, -0.2) is 9.48 Å². The zero-order chi connectivity index (χ0) is 15.0. The minimum absolute atomic E-state index is 0.126. The van der Waals surface area contributed by atoms with E-state index in [1.54, 1.807) is 16.7 Å². The lowest BCUT2D eigenvalue weighted by Crippen LogP contribution is -2.29. The number of fused-ring (bicyclic) bond motifs is 1. The van der Waals surface area contributed by atoms with E-state index in [9.17, 15) is 9.59 Å². The molecule has 0 saturated carbocycles. The Balaban J connectivity index is 1.90. The number of aryl methyl sites for hydroxylation is 1. The van der Waals surface area contributed by atoms with Gasteiger partial charge in [-0.2, -0.15) is 5.10 Å². The van der Waals surface area contributed by atoms with Gasteiger partial charge in [-0.15, -0.1) is 0 Å². The molecule has 1 aliphatic rings. The van der Waals surface area contributed by atoms with Crippen LogP contribution in [0, 0.1) is 0 Å². The smallest absolute Gasteiger partial charge is 0.292 e. The van der Waals surface area contributed by atoms with Crippen LogP contribution in [0.3, 0.4) is 0 Å². The quantitative estimate of drug-likeness (QED) is 0.815. The van der Waals surface area contributed by atoms with E-state index in [-0.39, 0.29) is 18.0 Å². The standard InChI is InChI=1S/C14H13Cl2N3O2/c15-9-4-5-11(16)10(7-9)12(20)8-19-14(21)18-6-2-1-3-13(18)17-19/h4-5,7H,1-3,6,8H2. The molecule has 0 bridgehead atoms. The second kappa shape index (κ2) is 5.66. The maximum atomic E-state index is 12.3. The third-order valence-electron chi connectivity index (χ3n) is 3.55. The second-order valence-electron chi connectivity index (χ2n) is 5.01. The summed E-state index contributed by atoms with van der Waals surface area (Å²) in [5, 5.41) is 4.99. The van der Waals surface area contributed by atoms with Crippen molar-refractivity contribution >= 4 is 29.0 Å². The normalized spacial score (nSPS) is 14.0. The van der Waals surface area contributed by atoms with E-state index in [0.29, 0.717) is 22.2 Å². The van der Waals surface area contributed by atoms with Gasteiger partial charge < -0.3 is 0 Å². The Morgan fingerprint density at radius 2 is 2.10 bits per heavy atom. The molecular weight excluding hydrogens is 313 g/mol. The number of aromatic nitrogens is 3. The van der Waals surface area contributed by atoms with Crippen LogP contribution in [0.4, 0.5) is 0 Å². The number of ketones is 1. The predicted molar refractivity (Wildman–Crippen MR) is 80.2 cm³/mol. The highest BCUT2D eigenvalue weighted by Gasteiger charge is 2.19. The molecule has 1 aliphatic heterocycles. The van der Waals surface area contributed by atoms with E-state index in [1.807, 2.05) is 0 Å². The molecule has 2 heterocycles. The van der Waals surface area contributed by atoms with Gasteiger partial charge in [0, 0.05) is 23.6 Å². The third kappa shape index (κ3) is 2.76. The first-order valence-electron chi connectivity index (χ1n) is 6.71. The lowest BCUT2D eigenvalue weighted by Gasteiger charge is -2.09. The van der Waals surface area contributed by atoms with Gasteiger partial charge >= 0.3 is 5.69 Å². The molecule has 0 radical (unpaired) electrons. The maximum absolute atomic E-state index is 12.3. The number of rotatable bonds is 3. The number of benzene rings is 1. The highest BCUT2D eigenvalue weighted by molar-refractivity contribution is 6.35. The van der Waals surface area contributed by atoms with E-state index in [2.05, 4.69) is 5.10 Å². The molecule has 0 atom stereocenters. The fourth-order valence-corrected chi connectivity index (χ4v) is 2.88. The van der Waals surface area contributed by atoms with Crippen LogP contribution in [0.25, 0.3) is 0 Å². The SMILES string of the molecule is O=C(Cn1nc2n(c1=O)CCCC2)c1cc(Cl)ccc1Cl. The topological polar surface area (TPSA) is 56.9 Å². The fourth-order valence-electron chi connectivity index (χ4n) is 2.48. The predicted octanol–water partition coefficient (Wildman–Crippen LogP) is 2.57. The molecule has 3 rings (SSSR count). The first-order chi connectivity index (χ1) is 10.1. The van der Waals surface area contributed by atoms with Crippen LogP contribution in [0.15, 0.2) is 23.0 Å². The van der Waals surface area contributed by atoms with Gasteiger partial charge in [-0.05, 0) is 31.0 Å². The molecule has 0 unspecified atom stereocenters. The molecule has 1 aromatic heterocycles. The van der Waals surface area contributed by atoms with Crippen molar-refractivity contribution in [2.75, 3.05) is 0 Å². The lowest BCUT2D eigenvalue weighted by molar-refractivity contribution is 0.0966. The summed E-state index contributed by atoms with van der Waals surface area (Å²) in [7, 11) is 0. The Hall–Kier alpha value is -1.59. The van der Waals surface area contributed by atoms with Crippen molar-refractivity contribution < 1.29 is 4.79 Å². The minimum atomic E-state index is -0.278. The Morgan fingerprint density at radius 1 is 1.29 bits per heavy atom. The number of carbonyl (C=O) groups is 1. The van der Waals surface area contributed by atoms with Crippen molar-refractivity contribution in [2.45, 2.75) is 32.4 Å². The van der Waals surface area contributed by atoms with Crippen LogP contribution < -0.4 is 5.69 Å². The monoisotopic (exact) mass is 325 g/mol. The minimum Gasteiger partial charge on any atom is -0.292 e. The number of hydrogen-bond acceptors (Lipinski definition) is 3. The van der Waals surface area contributed by atoms with E-state index >= 15 is 0 Å². The van der Waals surface area contributed by atoms with E-state index in [0.717, 1.165) is 25.1 Å². The summed E-state index contributed by atoms with van der Waals surface area (Å²) in [5.41, 5.74) is 0.0678. The Bertz CT molecular complexity index is 764. The molecule has 0 saturated heterocycles. The van der Waals surface area contributed by atoms with Crippen LogP contribution in [0.2, 0.25) is 10.0 Å². The largest absolute Gasteiger partial charge is 0.346 e. The molecule has 0 fully saturated rings. The first kappa shape index (κ1) is 14.4. The summed E-state index contributed by atoms with van der Waals surface area (Å²) >= 11 is 11.9. The van der Waals surface area contributed by atoms with Gasteiger partial charge in [0.2, 0.25) is 0 Å². The van der Waals surface area contributed by atoms with E-state index < -0.39 is 0 Å². The van der Waals surface area contributed by atoms with Crippen molar-refractivity contribution in [3.8, 4) is 0 Å². The Labute approximate surface area is 131 Å². The average molecular weight is 326 g/mol. The van der Waals surface area contributed by atoms with Crippen LogP contribution in [0.1, 0.15) is 29.0 Å². The zero-order valence-corrected chi connectivity index (χ0v) is 12.7. The molecule has 1 aromatic carbocycles. The molecular formula is C14H13Cl2N3O2. The van der Waals surface area contributed by atoms with Crippen molar-refractivity contribution in [1.82, 2.24) is 14.3 Å². The summed E-state index contributed by atoms with van der Waals surface area (Å²) in [4.78, 5) is 24.5. The highest BCUT2D eigenvalue weighted by atomic mass is 35.5. The van der Waals surface area contributed by atoms with Gasteiger partial charge in [0.05, 0.1) is 5.02 Å².